The van der Waals surface area contributed by atoms with Crippen LogP contribution in [0.25, 0.3) is 0 Å². The van der Waals surface area contributed by atoms with Gasteiger partial charge in [0.15, 0.2) is 0 Å². The Morgan fingerprint density at radius 2 is 2.18 bits per heavy atom. The maximum absolute atomic E-state index is 5.58. The van der Waals surface area contributed by atoms with Gasteiger partial charge in [-0.15, -0.1) is 0 Å². The van der Waals surface area contributed by atoms with Crippen molar-refractivity contribution < 1.29 is 0 Å². The highest BCUT2D eigenvalue weighted by Gasteiger charge is 1.93. The molecule has 11 heavy (non-hydrogen) atoms. The van der Waals surface area contributed by atoms with Crippen molar-refractivity contribution in [2.45, 2.75) is 13.8 Å². The van der Waals surface area contributed by atoms with Crippen molar-refractivity contribution in [2.75, 3.05) is 5.73 Å². The van der Waals surface area contributed by atoms with E-state index in [1.807, 2.05) is 32.0 Å². The lowest BCUT2D eigenvalue weighted by atomic mass is 10.2. The summed E-state index contributed by atoms with van der Waals surface area (Å²) in [6, 6.07) is 5.72. The van der Waals surface area contributed by atoms with Crippen LogP contribution in [-0.4, -0.2) is 6.21 Å². The van der Waals surface area contributed by atoms with Crippen LogP contribution in [0.5, 0.6) is 0 Å². The van der Waals surface area contributed by atoms with E-state index in [2.05, 4.69) is 4.99 Å². The van der Waals surface area contributed by atoms with Crippen molar-refractivity contribution >= 4 is 17.6 Å². The van der Waals surface area contributed by atoms with E-state index in [0.29, 0.717) is 0 Å². The number of aliphatic imine (C=N–C) groups is 1. The zero-order valence-electron chi connectivity index (χ0n) is 6.83. The van der Waals surface area contributed by atoms with Crippen molar-refractivity contribution in [1.29, 1.82) is 0 Å². The van der Waals surface area contributed by atoms with Gasteiger partial charge in [0.25, 0.3) is 0 Å². The van der Waals surface area contributed by atoms with E-state index in [1.54, 1.807) is 6.21 Å². The van der Waals surface area contributed by atoms with Gasteiger partial charge < -0.3 is 5.73 Å². The maximum Gasteiger partial charge on any atom is 0.0675 e. The molecule has 0 amide bonds. The number of aryl methyl sites for hydroxylation is 1. The quantitative estimate of drug-likeness (QED) is 0.481. The highest BCUT2D eigenvalue weighted by molar-refractivity contribution is 5.65. The molecule has 0 aromatic heterocycles. The van der Waals surface area contributed by atoms with Gasteiger partial charge in [-0.25, -0.2) is 0 Å². The molecule has 0 aliphatic rings. The highest BCUT2D eigenvalue weighted by atomic mass is 14.7. The number of hydrogen-bond donors (Lipinski definition) is 1. The highest BCUT2D eigenvalue weighted by Crippen LogP contribution is 2.20. The first-order chi connectivity index (χ1) is 5.24. The molecule has 0 aliphatic carbocycles. The van der Waals surface area contributed by atoms with Crippen molar-refractivity contribution in [3.8, 4) is 0 Å². The molecular formula is C9H12N2. The molecule has 0 radical (unpaired) electrons. The number of anilines is 1. The fraction of sp³-hybridized carbons (Fsp3) is 0.222. The molecule has 0 heterocycles. The van der Waals surface area contributed by atoms with E-state index in [9.17, 15) is 0 Å². The fourth-order valence-electron chi connectivity index (χ4n) is 0.905. The van der Waals surface area contributed by atoms with E-state index < -0.39 is 0 Å². The summed E-state index contributed by atoms with van der Waals surface area (Å²) in [5.74, 6) is 0. The predicted molar refractivity (Wildman–Crippen MR) is 49.4 cm³/mol. The summed E-state index contributed by atoms with van der Waals surface area (Å²) in [4.78, 5) is 4.16. The van der Waals surface area contributed by atoms with Gasteiger partial charge in [-0.1, -0.05) is 6.07 Å². The standard InChI is InChI=1S/C9H12N2/c1-3-11-9-6-8(10)5-4-7(9)2/h3-6H,10H2,1-2H3. The van der Waals surface area contributed by atoms with Gasteiger partial charge in [0.1, 0.15) is 0 Å². The number of nitrogens with two attached hydrogens (primary N) is 1. The second-order valence-corrected chi connectivity index (χ2v) is 2.43. The Morgan fingerprint density at radius 1 is 1.45 bits per heavy atom. The van der Waals surface area contributed by atoms with Crippen LogP contribution in [0.2, 0.25) is 0 Å². The molecule has 58 valence electrons. The summed E-state index contributed by atoms with van der Waals surface area (Å²) in [5, 5.41) is 0. The summed E-state index contributed by atoms with van der Waals surface area (Å²) >= 11 is 0. The van der Waals surface area contributed by atoms with Crippen molar-refractivity contribution in [2.24, 2.45) is 4.99 Å². The molecule has 0 fully saturated rings. The zero-order chi connectivity index (χ0) is 8.27. The van der Waals surface area contributed by atoms with E-state index in [0.717, 1.165) is 16.9 Å². The van der Waals surface area contributed by atoms with Crippen LogP contribution >= 0.6 is 0 Å². The van der Waals surface area contributed by atoms with Crippen molar-refractivity contribution in [3.63, 3.8) is 0 Å². The van der Waals surface area contributed by atoms with Crippen LogP contribution in [0, 0.1) is 6.92 Å². The third-order valence-corrected chi connectivity index (χ3v) is 1.50. The van der Waals surface area contributed by atoms with Crippen LogP contribution in [0.1, 0.15) is 12.5 Å². The number of benzene rings is 1. The summed E-state index contributed by atoms with van der Waals surface area (Å²) in [7, 11) is 0. The summed E-state index contributed by atoms with van der Waals surface area (Å²) in [6.45, 7) is 3.91. The smallest absolute Gasteiger partial charge is 0.0675 e. The first-order valence-corrected chi connectivity index (χ1v) is 3.59. The van der Waals surface area contributed by atoms with E-state index in [4.69, 9.17) is 5.73 Å². The number of nitrogens with zero attached hydrogens (tertiary/aromatic N) is 1. The van der Waals surface area contributed by atoms with Crippen molar-refractivity contribution in [3.05, 3.63) is 23.8 Å². The maximum atomic E-state index is 5.58. The number of nitrogen functional groups attached to an aromatic ring is 1. The van der Waals surface area contributed by atoms with Crippen LogP contribution in [0.4, 0.5) is 11.4 Å². The second kappa shape index (κ2) is 3.19. The molecule has 1 aromatic rings. The van der Waals surface area contributed by atoms with Gasteiger partial charge in [0, 0.05) is 11.9 Å². The largest absolute Gasteiger partial charge is 0.399 e. The average Bonchev–Trinajstić information content (AvgIpc) is 1.98. The molecule has 0 saturated carbocycles. The van der Waals surface area contributed by atoms with Crippen LogP contribution in [-0.2, 0) is 0 Å². The topological polar surface area (TPSA) is 38.4 Å². The Labute approximate surface area is 66.8 Å². The molecule has 0 unspecified atom stereocenters. The molecule has 0 saturated heterocycles. The molecule has 0 atom stereocenters. The molecule has 0 bridgehead atoms. The number of rotatable bonds is 1. The zero-order valence-corrected chi connectivity index (χ0v) is 6.83. The van der Waals surface area contributed by atoms with Gasteiger partial charge >= 0.3 is 0 Å². The molecule has 2 N–H and O–H groups in total. The van der Waals surface area contributed by atoms with E-state index >= 15 is 0 Å². The minimum absolute atomic E-state index is 0.760. The third-order valence-electron chi connectivity index (χ3n) is 1.50. The molecule has 2 nitrogen and oxygen atoms in total. The third kappa shape index (κ3) is 1.80. The van der Waals surface area contributed by atoms with Crippen LogP contribution in [0.3, 0.4) is 0 Å². The van der Waals surface area contributed by atoms with Gasteiger partial charge in [0.05, 0.1) is 5.69 Å². The normalized spacial score (nSPS) is 10.7. The Kier molecular flexibility index (Phi) is 2.26. The monoisotopic (exact) mass is 148 g/mol. The predicted octanol–water partition coefficient (Wildman–Crippen LogP) is 2.30. The lowest BCUT2D eigenvalue weighted by Gasteiger charge is -1.99. The summed E-state index contributed by atoms with van der Waals surface area (Å²) in [6.07, 6.45) is 1.77. The first-order valence-electron chi connectivity index (χ1n) is 3.59. The van der Waals surface area contributed by atoms with E-state index in [-0.39, 0.29) is 0 Å². The SMILES string of the molecule is CC=Nc1cc(N)ccc1C. The number of hydrogen-bond acceptors (Lipinski definition) is 2. The lowest BCUT2D eigenvalue weighted by Crippen LogP contribution is -1.84. The molecule has 1 aromatic carbocycles. The van der Waals surface area contributed by atoms with Gasteiger partial charge in [-0.2, -0.15) is 0 Å². The van der Waals surface area contributed by atoms with Gasteiger partial charge in [0.2, 0.25) is 0 Å². The Morgan fingerprint density at radius 3 is 2.82 bits per heavy atom. The molecule has 0 aliphatic heterocycles. The van der Waals surface area contributed by atoms with Gasteiger partial charge in [-0.3, -0.25) is 4.99 Å². The average molecular weight is 148 g/mol. The molecule has 2 heteroatoms. The summed E-state index contributed by atoms with van der Waals surface area (Å²) < 4.78 is 0. The molecule has 1 rings (SSSR count). The van der Waals surface area contributed by atoms with Crippen molar-refractivity contribution in [1.82, 2.24) is 0 Å². The fourth-order valence-corrected chi connectivity index (χ4v) is 0.905. The Balaban J connectivity index is 3.12. The second-order valence-electron chi connectivity index (χ2n) is 2.43. The lowest BCUT2D eigenvalue weighted by molar-refractivity contribution is 1.40. The summed E-state index contributed by atoms with van der Waals surface area (Å²) in [5.41, 5.74) is 8.45. The molecule has 0 spiro atoms. The Bertz CT molecular complexity index is 277. The minimum Gasteiger partial charge on any atom is -0.399 e. The minimum atomic E-state index is 0.760. The molecular weight excluding hydrogens is 136 g/mol. The van der Waals surface area contributed by atoms with Crippen LogP contribution < -0.4 is 5.73 Å². The van der Waals surface area contributed by atoms with Crippen LogP contribution in [0.15, 0.2) is 23.2 Å². The van der Waals surface area contributed by atoms with E-state index in [1.165, 1.54) is 0 Å². The van der Waals surface area contributed by atoms with Gasteiger partial charge in [-0.05, 0) is 31.5 Å². The first kappa shape index (κ1) is 7.79. The Hall–Kier alpha value is -1.31.